The van der Waals surface area contributed by atoms with Crippen LogP contribution >= 0.6 is 0 Å². The third-order valence-corrected chi connectivity index (χ3v) is 4.86. The quantitative estimate of drug-likeness (QED) is 0.607. The number of rotatable bonds is 8. The molecule has 154 valence electrons. The zero-order valence-corrected chi connectivity index (χ0v) is 16.5. The maximum atomic E-state index is 12.8. The van der Waals surface area contributed by atoms with E-state index in [0.29, 0.717) is 11.7 Å². The van der Waals surface area contributed by atoms with Crippen LogP contribution in [0.25, 0.3) is 0 Å². The molecule has 2 aromatic rings. The molecule has 8 nitrogen and oxygen atoms in total. The average Bonchev–Trinajstić information content (AvgIpc) is 3.41. The van der Waals surface area contributed by atoms with Gasteiger partial charge in [0.15, 0.2) is 0 Å². The highest BCUT2D eigenvalue weighted by atomic mass is 16.5. The van der Waals surface area contributed by atoms with Gasteiger partial charge in [0.2, 0.25) is 0 Å². The van der Waals surface area contributed by atoms with Crippen LogP contribution in [0.1, 0.15) is 39.6 Å². The molecule has 0 aliphatic heterocycles. The van der Waals surface area contributed by atoms with Crippen molar-refractivity contribution >= 4 is 11.8 Å². The van der Waals surface area contributed by atoms with E-state index >= 15 is 0 Å². The molecular formula is C21H25N3O5. The number of pyridine rings is 1. The van der Waals surface area contributed by atoms with Crippen LogP contribution in [0.2, 0.25) is 0 Å². The van der Waals surface area contributed by atoms with Crippen molar-refractivity contribution in [1.82, 2.24) is 15.2 Å². The summed E-state index contributed by atoms with van der Waals surface area (Å²) in [6.45, 7) is 2.28. The van der Waals surface area contributed by atoms with Crippen molar-refractivity contribution in [1.29, 1.82) is 0 Å². The Labute approximate surface area is 168 Å². The SMILES string of the molecule is CNC(=O)c1cc(C(=O)N[C@@H]2C[C@H]2C)cn(Cc2cccc(OCCO)c2)c1=O. The number of carbonyl (C=O) groups is 2. The number of carbonyl (C=O) groups excluding carboxylic acids is 2. The van der Waals surface area contributed by atoms with Crippen LogP contribution in [-0.4, -0.2) is 47.8 Å². The molecule has 0 unspecified atom stereocenters. The first-order valence-corrected chi connectivity index (χ1v) is 9.53. The van der Waals surface area contributed by atoms with Crippen LogP contribution in [0, 0.1) is 5.92 Å². The Morgan fingerprint density at radius 1 is 1.28 bits per heavy atom. The molecule has 0 spiro atoms. The molecular weight excluding hydrogens is 374 g/mol. The highest BCUT2D eigenvalue weighted by Gasteiger charge is 2.34. The number of benzene rings is 1. The first-order valence-electron chi connectivity index (χ1n) is 9.53. The summed E-state index contributed by atoms with van der Waals surface area (Å²) in [6, 6.07) is 8.56. The molecule has 1 heterocycles. The van der Waals surface area contributed by atoms with Crippen molar-refractivity contribution in [3.8, 4) is 5.75 Å². The number of aromatic nitrogens is 1. The lowest BCUT2D eigenvalue weighted by atomic mass is 10.1. The number of aliphatic hydroxyl groups is 1. The van der Waals surface area contributed by atoms with Gasteiger partial charge < -0.3 is 25.0 Å². The molecule has 0 radical (unpaired) electrons. The van der Waals surface area contributed by atoms with Gasteiger partial charge in [0.25, 0.3) is 17.4 Å². The minimum atomic E-state index is -0.543. The Kier molecular flexibility index (Phi) is 6.33. The molecule has 2 amide bonds. The van der Waals surface area contributed by atoms with Gasteiger partial charge in [0, 0.05) is 19.3 Å². The highest BCUT2D eigenvalue weighted by molar-refractivity contribution is 5.99. The third kappa shape index (κ3) is 5.03. The fourth-order valence-electron chi connectivity index (χ4n) is 3.04. The molecule has 0 saturated heterocycles. The summed E-state index contributed by atoms with van der Waals surface area (Å²) in [7, 11) is 1.44. The molecule has 2 atom stereocenters. The van der Waals surface area contributed by atoms with Crippen LogP contribution in [0.4, 0.5) is 0 Å². The number of ether oxygens (including phenoxy) is 1. The molecule has 1 aliphatic carbocycles. The van der Waals surface area contributed by atoms with Crippen molar-refractivity contribution in [3.63, 3.8) is 0 Å². The summed E-state index contributed by atoms with van der Waals surface area (Å²) in [4.78, 5) is 37.6. The number of amides is 2. The minimum Gasteiger partial charge on any atom is -0.491 e. The maximum absolute atomic E-state index is 12.8. The van der Waals surface area contributed by atoms with E-state index in [1.165, 1.54) is 23.9 Å². The molecule has 1 saturated carbocycles. The minimum absolute atomic E-state index is 0.0864. The summed E-state index contributed by atoms with van der Waals surface area (Å²) in [5, 5.41) is 14.3. The van der Waals surface area contributed by atoms with Gasteiger partial charge in [-0.1, -0.05) is 19.1 Å². The standard InChI is InChI=1S/C21H25N3O5/c1-13-8-18(13)23-19(26)15-10-17(20(27)22-2)21(28)24(12-15)11-14-4-3-5-16(9-14)29-7-6-25/h3-5,9-10,12-13,18,25H,6-8,11H2,1-2H3,(H,22,27)(H,23,26)/t13-,18-/m1/s1. The lowest BCUT2D eigenvalue weighted by molar-refractivity contribution is 0.0948. The van der Waals surface area contributed by atoms with Crippen LogP contribution in [0.15, 0.2) is 41.3 Å². The molecule has 3 N–H and O–H groups in total. The van der Waals surface area contributed by atoms with Gasteiger partial charge >= 0.3 is 0 Å². The van der Waals surface area contributed by atoms with Crippen LogP contribution < -0.4 is 20.9 Å². The lowest BCUT2D eigenvalue weighted by Crippen LogP contribution is -2.34. The summed E-state index contributed by atoms with van der Waals surface area (Å²) in [6.07, 6.45) is 2.40. The Bertz CT molecular complexity index is 969. The molecule has 1 aliphatic rings. The Balaban J connectivity index is 1.92. The predicted octanol–water partition coefficient (Wildman–Crippen LogP) is 0.765. The number of nitrogens with one attached hydrogen (secondary N) is 2. The number of hydrogen-bond donors (Lipinski definition) is 3. The Morgan fingerprint density at radius 3 is 2.69 bits per heavy atom. The second-order valence-electron chi connectivity index (χ2n) is 7.17. The van der Waals surface area contributed by atoms with E-state index in [1.54, 1.807) is 18.2 Å². The zero-order chi connectivity index (χ0) is 21.0. The van der Waals surface area contributed by atoms with E-state index in [4.69, 9.17) is 9.84 Å². The van der Waals surface area contributed by atoms with E-state index in [9.17, 15) is 14.4 Å². The van der Waals surface area contributed by atoms with Gasteiger partial charge in [-0.05, 0) is 36.1 Å². The van der Waals surface area contributed by atoms with Crippen molar-refractivity contribution in [2.75, 3.05) is 20.3 Å². The summed E-state index contributed by atoms with van der Waals surface area (Å²) in [5.41, 5.74) is 0.452. The van der Waals surface area contributed by atoms with Gasteiger partial charge in [-0.25, -0.2) is 0 Å². The van der Waals surface area contributed by atoms with Gasteiger partial charge in [-0.3, -0.25) is 14.4 Å². The van der Waals surface area contributed by atoms with Crippen molar-refractivity contribution in [2.45, 2.75) is 25.9 Å². The topological polar surface area (TPSA) is 110 Å². The van der Waals surface area contributed by atoms with E-state index in [-0.39, 0.29) is 42.8 Å². The lowest BCUT2D eigenvalue weighted by Gasteiger charge is -2.13. The molecule has 1 aromatic heterocycles. The fraction of sp³-hybridized carbons (Fsp3) is 0.381. The van der Waals surface area contributed by atoms with E-state index < -0.39 is 11.5 Å². The van der Waals surface area contributed by atoms with Gasteiger partial charge in [0.05, 0.1) is 18.7 Å². The zero-order valence-electron chi connectivity index (χ0n) is 16.5. The number of nitrogens with zero attached hydrogens (tertiary/aromatic N) is 1. The second-order valence-corrected chi connectivity index (χ2v) is 7.17. The van der Waals surface area contributed by atoms with Crippen molar-refractivity contribution in [2.24, 2.45) is 5.92 Å². The summed E-state index contributed by atoms with van der Waals surface area (Å²) < 4.78 is 6.75. The fourth-order valence-corrected chi connectivity index (χ4v) is 3.04. The highest BCUT2D eigenvalue weighted by Crippen LogP contribution is 2.29. The summed E-state index contributed by atoms with van der Waals surface area (Å²) in [5.74, 6) is 0.147. The predicted molar refractivity (Wildman–Crippen MR) is 107 cm³/mol. The van der Waals surface area contributed by atoms with Crippen molar-refractivity contribution < 1.29 is 19.4 Å². The smallest absolute Gasteiger partial charge is 0.263 e. The molecule has 29 heavy (non-hydrogen) atoms. The van der Waals surface area contributed by atoms with Crippen LogP contribution in [0.3, 0.4) is 0 Å². The maximum Gasteiger partial charge on any atom is 0.263 e. The van der Waals surface area contributed by atoms with Gasteiger partial charge in [0.1, 0.15) is 17.9 Å². The van der Waals surface area contributed by atoms with Crippen LogP contribution in [0.5, 0.6) is 5.75 Å². The van der Waals surface area contributed by atoms with Crippen LogP contribution in [-0.2, 0) is 6.54 Å². The number of hydrogen-bond acceptors (Lipinski definition) is 5. The second kappa shape index (κ2) is 8.91. The third-order valence-electron chi connectivity index (χ3n) is 4.86. The van der Waals surface area contributed by atoms with E-state index in [0.717, 1.165) is 12.0 Å². The van der Waals surface area contributed by atoms with Crippen molar-refractivity contribution in [3.05, 3.63) is 63.6 Å². The van der Waals surface area contributed by atoms with E-state index in [1.807, 2.05) is 13.0 Å². The Morgan fingerprint density at radius 2 is 2.03 bits per heavy atom. The molecule has 3 rings (SSSR count). The normalized spacial score (nSPS) is 17.5. The van der Waals surface area contributed by atoms with Gasteiger partial charge in [-0.2, -0.15) is 0 Å². The average molecular weight is 399 g/mol. The first kappa shape index (κ1) is 20.6. The largest absolute Gasteiger partial charge is 0.491 e. The molecule has 1 fully saturated rings. The van der Waals surface area contributed by atoms with Gasteiger partial charge in [-0.15, -0.1) is 0 Å². The molecule has 0 bridgehead atoms. The summed E-state index contributed by atoms with van der Waals surface area (Å²) >= 11 is 0. The monoisotopic (exact) mass is 399 g/mol. The van der Waals surface area contributed by atoms with E-state index in [2.05, 4.69) is 10.6 Å². The Hall–Kier alpha value is -3.13. The molecule has 8 heteroatoms. The number of aliphatic hydroxyl groups excluding tert-OH is 1. The first-order chi connectivity index (χ1) is 13.9. The molecule has 1 aromatic carbocycles.